The fourth-order valence-corrected chi connectivity index (χ4v) is 4.80. The lowest BCUT2D eigenvalue weighted by Gasteiger charge is -2.36. The van der Waals surface area contributed by atoms with E-state index in [0.717, 1.165) is 13.1 Å². The van der Waals surface area contributed by atoms with Gasteiger partial charge < -0.3 is 19.7 Å². The van der Waals surface area contributed by atoms with Crippen molar-refractivity contribution in [2.45, 2.75) is 18.2 Å². The molecule has 1 saturated heterocycles. The van der Waals surface area contributed by atoms with E-state index in [1.807, 2.05) is 27.7 Å². The number of hydrogen-bond donors (Lipinski definition) is 1. The van der Waals surface area contributed by atoms with Gasteiger partial charge in [-0.15, -0.1) is 16.8 Å². The lowest BCUT2D eigenvalue weighted by Crippen LogP contribution is -2.49. The summed E-state index contributed by atoms with van der Waals surface area (Å²) in [5, 5.41) is 12.5. The number of hydrogen-bond acceptors (Lipinski definition) is 6. The maximum atomic E-state index is 12.8. The highest BCUT2D eigenvalue weighted by Crippen LogP contribution is 2.20. The molecule has 4 rings (SSSR count). The minimum atomic E-state index is -0.228. The highest BCUT2D eigenvalue weighted by atomic mass is 35.5. The molecule has 35 heavy (non-hydrogen) atoms. The molecule has 1 aliphatic rings. The molecule has 8 nitrogen and oxygen atoms in total. The van der Waals surface area contributed by atoms with Crippen LogP contribution in [0.4, 0.5) is 5.69 Å². The molecule has 0 unspecified atom stereocenters. The van der Waals surface area contributed by atoms with Crippen molar-refractivity contribution < 1.29 is 9.59 Å². The number of piperazine rings is 1. The molecule has 0 atom stereocenters. The topological polar surface area (TPSA) is 83.4 Å². The molecule has 3 aromatic rings. The summed E-state index contributed by atoms with van der Waals surface area (Å²) < 4.78 is 1.86. The second kappa shape index (κ2) is 11.9. The van der Waals surface area contributed by atoms with Gasteiger partial charge in [-0.1, -0.05) is 47.6 Å². The van der Waals surface area contributed by atoms with Gasteiger partial charge in [-0.05, 0) is 36.4 Å². The number of rotatable bonds is 9. The van der Waals surface area contributed by atoms with Crippen LogP contribution in [0.5, 0.6) is 0 Å². The Kier molecular flexibility index (Phi) is 8.44. The van der Waals surface area contributed by atoms with Crippen LogP contribution < -0.4 is 10.2 Å². The van der Waals surface area contributed by atoms with E-state index in [1.165, 1.54) is 17.4 Å². The standard InChI is InChI=1S/C25H27ClN6O2S/c1-2-12-32-22(17-27-24(34)19-8-10-20(26)11-9-19)28-29-25(32)35-18-23(33)31-15-13-30(14-16-31)21-6-4-3-5-7-21/h2-11H,1,12-18H2,(H,27,34). The molecule has 0 spiro atoms. The van der Waals surface area contributed by atoms with E-state index in [0.29, 0.717) is 41.2 Å². The lowest BCUT2D eigenvalue weighted by molar-refractivity contribution is -0.128. The van der Waals surface area contributed by atoms with Gasteiger partial charge in [0.2, 0.25) is 5.91 Å². The summed E-state index contributed by atoms with van der Waals surface area (Å²) in [4.78, 5) is 29.4. The Bertz CT molecular complexity index is 1160. The van der Waals surface area contributed by atoms with Crippen LogP contribution in [0.2, 0.25) is 5.02 Å². The molecule has 1 N–H and O–H groups in total. The third kappa shape index (κ3) is 6.43. The Hall–Kier alpha value is -3.30. The largest absolute Gasteiger partial charge is 0.368 e. The lowest BCUT2D eigenvalue weighted by atomic mass is 10.2. The molecule has 0 bridgehead atoms. The van der Waals surface area contributed by atoms with Gasteiger partial charge >= 0.3 is 0 Å². The number of benzene rings is 2. The average molecular weight is 511 g/mol. The number of para-hydroxylation sites is 1. The highest BCUT2D eigenvalue weighted by Gasteiger charge is 2.22. The summed E-state index contributed by atoms with van der Waals surface area (Å²) in [5.41, 5.74) is 1.69. The molecule has 182 valence electrons. The van der Waals surface area contributed by atoms with E-state index in [2.05, 4.69) is 39.1 Å². The third-order valence-corrected chi connectivity index (χ3v) is 6.90. The average Bonchev–Trinajstić information content (AvgIpc) is 3.28. The number of allylic oxidation sites excluding steroid dienone is 1. The summed E-state index contributed by atoms with van der Waals surface area (Å²) >= 11 is 7.24. The molecule has 0 saturated carbocycles. The number of thioether (sulfide) groups is 1. The van der Waals surface area contributed by atoms with Crippen LogP contribution in [0.15, 0.2) is 72.4 Å². The molecule has 1 fully saturated rings. The second-order valence-corrected chi connectivity index (χ2v) is 9.36. The molecule has 1 aliphatic heterocycles. The van der Waals surface area contributed by atoms with Crippen LogP contribution in [0.1, 0.15) is 16.2 Å². The van der Waals surface area contributed by atoms with Crippen molar-refractivity contribution in [1.82, 2.24) is 25.0 Å². The summed E-state index contributed by atoms with van der Waals surface area (Å²) in [5.74, 6) is 0.721. The molecule has 10 heteroatoms. The smallest absolute Gasteiger partial charge is 0.251 e. The Morgan fingerprint density at radius 3 is 2.43 bits per heavy atom. The zero-order chi connectivity index (χ0) is 24.6. The second-order valence-electron chi connectivity index (χ2n) is 7.98. The molecule has 2 amide bonds. The minimum absolute atomic E-state index is 0.0773. The molecule has 1 aromatic heterocycles. The first-order valence-electron chi connectivity index (χ1n) is 11.3. The first kappa shape index (κ1) is 24.8. The Labute approximate surface area is 214 Å². The minimum Gasteiger partial charge on any atom is -0.368 e. The zero-order valence-corrected chi connectivity index (χ0v) is 20.8. The van der Waals surface area contributed by atoms with E-state index in [1.54, 1.807) is 30.3 Å². The van der Waals surface area contributed by atoms with Gasteiger partial charge in [0.15, 0.2) is 11.0 Å². The summed E-state index contributed by atoms with van der Waals surface area (Å²) in [6.07, 6.45) is 1.74. The van der Waals surface area contributed by atoms with Gasteiger partial charge in [0.05, 0.1) is 12.3 Å². The number of nitrogens with zero attached hydrogens (tertiary/aromatic N) is 5. The maximum absolute atomic E-state index is 12.8. The van der Waals surface area contributed by atoms with Gasteiger partial charge in [0.25, 0.3) is 5.91 Å². The first-order chi connectivity index (χ1) is 17.0. The molecule has 0 aliphatic carbocycles. The molecular formula is C25H27ClN6O2S. The number of halogens is 1. The van der Waals surface area contributed by atoms with Crippen molar-refractivity contribution in [2.75, 3.05) is 36.8 Å². The van der Waals surface area contributed by atoms with E-state index in [9.17, 15) is 9.59 Å². The number of nitrogens with one attached hydrogen (secondary N) is 1. The van der Waals surface area contributed by atoms with E-state index in [4.69, 9.17) is 11.6 Å². The SMILES string of the molecule is C=CCn1c(CNC(=O)c2ccc(Cl)cc2)nnc1SCC(=O)N1CCN(c2ccccc2)CC1. The predicted octanol–water partition coefficient (Wildman–Crippen LogP) is 3.49. The van der Waals surface area contributed by atoms with Crippen molar-refractivity contribution in [2.24, 2.45) is 0 Å². The molecule has 2 aromatic carbocycles. The Balaban J connectivity index is 1.30. The van der Waals surface area contributed by atoms with Crippen LogP contribution in [0.3, 0.4) is 0 Å². The maximum Gasteiger partial charge on any atom is 0.251 e. The zero-order valence-electron chi connectivity index (χ0n) is 19.3. The van der Waals surface area contributed by atoms with Crippen LogP contribution in [0, 0.1) is 0 Å². The summed E-state index contributed by atoms with van der Waals surface area (Å²) in [6, 6.07) is 16.9. The number of aromatic nitrogens is 3. The quantitative estimate of drug-likeness (QED) is 0.350. The van der Waals surface area contributed by atoms with Gasteiger partial charge in [0.1, 0.15) is 0 Å². The van der Waals surface area contributed by atoms with Crippen LogP contribution >= 0.6 is 23.4 Å². The van der Waals surface area contributed by atoms with E-state index < -0.39 is 0 Å². The van der Waals surface area contributed by atoms with E-state index >= 15 is 0 Å². The van der Waals surface area contributed by atoms with Crippen LogP contribution in [-0.2, 0) is 17.9 Å². The van der Waals surface area contributed by atoms with Crippen molar-refractivity contribution in [3.63, 3.8) is 0 Å². The van der Waals surface area contributed by atoms with Gasteiger partial charge in [0, 0.05) is 49.0 Å². The summed E-state index contributed by atoms with van der Waals surface area (Å²) in [7, 11) is 0. The fourth-order valence-electron chi connectivity index (χ4n) is 3.80. The van der Waals surface area contributed by atoms with Gasteiger partial charge in [-0.2, -0.15) is 0 Å². The van der Waals surface area contributed by atoms with Crippen LogP contribution in [-0.4, -0.2) is 63.4 Å². The Morgan fingerprint density at radius 1 is 1.03 bits per heavy atom. The third-order valence-electron chi connectivity index (χ3n) is 5.70. The number of carbonyl (C=O) groups excluding carboxylic acids is 2. The number of carbonyl (C=O) groups is 2. The number of anilines is 1. The van der Waals surface area contributed by atoms with Crippen molar-refractivity contribution in [3.05, 3.63) is 83.7 Å². The summed E-state index contributed by atoms with van der Waals surface area (Å²) in [6.45, 7) is 7.49. The molecule has 0 radical (unpaired) electrons. The number of amides is 2. The van der Waals surface area contributed by atoms with Crippen molar-refractivity contribution in [1.29, 1.82) is 0 Å². The van der Waals surface area contributed by atoms with Crippen LogP contribution in [0.25, 0.3) is 0 Å². The Morgan fingerprint density at radius 2 is 1.74 bits per heavy atom. The van der Waals surface area contributed by atoms with Crippen molar-refractivity contribution >= 4 is 40.9 Å². The normalized spacial score (nSPS) is 13.5. The monoisotopic (exact) mass is 510 g/mol. The van der Waals surface area contributed by atoms with Gasteiger partial charge in [-0.3, -0.25) is 9.59 Å². The molecular weight excluding hydrogens is 484 g/mol. The van der Waals surface area contributed by atoms with Gasteiger partial charge in [-0.25, -0.2) is 0 Å². The molecule has 2 heterocycles. The highest BCUT2D eigenvalue weighted by molar-refractivity contribution is 7.99. The van der Waals surface area contributed by atoms with Crippen molar-refractivity contribution in [3.8, 4) is 0 Å². The van der Waals surface area contributed by atoms with E-state index in [-0.39, 0.29) is 24.1 Å². The predicted molar refractivity (Wildman–Crippen MR) is 139 cm³/mol. The fraction of sp³-hybridized carbons (Fsp3) is 0.280. The first-order valence-corrected chi connectivity index (χ1v) is 12.7.